The lowest BCUT2D eigenvalue weighted by atomic mass is 10.0. The molecule has 1 heterocycles. The number of hydrogen-bond acceptors (Lipinski definition) is 2. The van der Waals surface area contributed by atoms with E-state index in [9.17, 15) is 0 Å². The highest BCUT2D eigenvalue weighted by atomic mass is 15.3. The molecule has 1 aliphatic carbocycles. The Morgan fingerprint density at radius 2 is 2.08 bits per heavy atom. The molecule has 0 saturated heterocycles. The van der Waals surface area contributed by atoms with Gasteiger partial charge >= 0.3 is 0 Å². The van der Waals surface area contributed by atoms with Crippen LogP contribution in [0.15, 0.2) is 0 Å². The van der Waals surface area contributed by atoms with Crippen LogP contribution >= 0.6 is 0 Å². The minimum absolute atomic E-state index is 0.490. The van der Waals surface area contributed by atoms with E-state index >= 15 is 0 Å². The number of anilines is 1. The Morgan fingerprint density at radius 1 is 1.46 bits per heavy atom. The van der Waals surface area contributed by atoms with Crippen molar-refractivity contribution in [3.8, 4) is 0 Å². The van der Waals surface area contributed by atoms with Crippen LogP contribution in [0.25, 0.3) is 0 Å². The van der Waals surface area contributed by atoms with Crippen molar-refractivity contribution in [2.45, 2.75) is 38.5 Å². The molecule has 2 rings (SSSR count). The van der Waals surface area contributed by atoms with E-state index in [2.05, 4.69) is 18.9 Å². The molecular weight excluding hydrogens is 162 g/mol. The number of rotatable bonds is 2. The van der Waals surface area contributed by atoms with Crippen LogP contribution in [0.3, 0.4) is 0 Å². The minimum Gasteiger partial charge on any atom is -0.384 e. The summed E-state index contributed by atoms with van der Waals surface area (Å²) in [5, 5.41) is 4.49. The molecule has 0 bridgehead atoms. The molecule has 2 N–H and O–H groups in total. The molecule has 0 aliphatic heterocycles. The molecule has 1 fully saturated rings. The van der Waals surface area contributed by atoms with Gasteiger partial charge in [-0.05, 0) is 18.8 Å². The van der Waals surface area contributed by atoms with Gasteiger partial charge in [0.1, 0.15) is 5.82 Å². The highest BCUT2D eigenvalue weighted by Crippen LogP contribution is 2.43. The largest absolute Gasteiger partial charge is 0.384 e. The Bertz CT molecular complexity index is 321. The Kier molecular flexibility index (Phi) is 1.82. The average molecular weight is 179 g/mol. The summed E-state index contributed by atoms with van der Waals surface area (Å²) in [4.78, 5) is 0. The third-order valence-corrected chi connectivity index (χ3v) is 2.70. The van der Waals surface area contributed by atoms with Crippen LogP contribution < -0.4 is 5.73 Å². The maximum absolute atomic E-state index is 5.97. The van der Waals surface area contributed by atoms with Crippen LogP contribution in [-0.2, 0) is 7.05 Å². The standard InChI is InChI=1S/C10H17N3/c1-6(2)8-9(7-4-5-7)12-13(3)10(8)11/h6-7H,4-5,11H2,1-3H3. The Morgan fingerprint density at radius 3 is 2.54 bits per heavy atom. The quantitative estimate of drug-likeness (QED) is 0.754. The van der Waals surface area contributed by atoms with Gasteiger partial charge in [-0.3, -0.25) is 4.68 Å². The normalized spacial score (nSPS) is 16.9. The van der Waals surface area contributed by atoms with Crippen molar-refractivity contribution in [3.05, 3.63) is 11.3 Å². The second-order valence-electron chi connectivity index (χ2n) is 4.24. The Hall–Kier alpha value is -0.990. The van der Waals surface area contributed by atoms with E-state index in [0.29, 0.717) is 11.8 Å². The number of nitrogens with zero attached hydrogens (tertiary/aromatic N) is 2. The van der Waals surface area contributed by atoms with Gasteiger partial charge in [-0.2, -0.15) is 5.10 Å². The van der Waals surface area contributed by atoms with Gasteiger partial charge in [0.15, 0.2) is 0 Å². The van der Waals surface area contributed by atoms with Crippen molar-refractivity contribution in [2.24, 2.45) is 7.05 Å². The highest BCUT2D eigenvalue weighted by molar-refractivity contribution is 5.47. The summed E-state index contributed by atoms with van der Waals surface area (Å²) in [5.41, 5.74) is 8.48. The predicted molar refractivity (Wildman–Crippen MR) is 53.7 cm³/mol. The predicted octanol–water partition coefficient (Wildman–Crippen LogP) is 2.00. The van der Waals surface area contributed by atoms with Crippen molar-refractivity contribution in [3.63, 3.8) is 0 Å². The summed E-state index contributed by atoms with van der Waals surface area (Å²) < 4.78 is 1.81. The monoisotopic (exact) mass is 179 g/mol. The molecule has 0 spiro atoms. The first-order valence-corrected chi connectivity index (χ1v) is 4.93. The number of nitrogen functional groups attached to an aromatic ring is 1. The topological polar surface area (TPSA) is 43.8 Å². The summed E-state index contributed by atoms with van der Waals surface area (Å²) in [6.07, 6.45) is 2.58. The second kappa shape index (κ2) is 2.76. The van der Waals surface area contributed by atoms with E-state index in [1.807, 2.05) is 11.7 Å². The number of aromatic nitrogens is 2. The van der Waals surface area contributed by atoms with Gasteiger partial charge in [-0.1, -0.05) is 13.8 Å². The van der Waals surface area contributed by atoms with Crippen LogP contribution in [0.1, 0.15) is 49.8 Å². The molecule has 1 aliphatic rings. The first kappa shape index (κ1) is 8.60. The Balaban J connectivity index is 2.47. The number of aryl methyl sites for hydroxylation is 1. The summed E-state index contributed by atoms with van der Waals surface area (Å²) in [6, 6.07) is 0. The Labute approximate surface area is 78.9 Å². The maximum atomic E-state index is 5.97. The SMILES string of the molecule is CC(C)c1c(C2CC2)nn(C)c1N. The number of nitrogens with two attached hydrogens (primary N) is 1. The first-order chi connectivity index (χ1) is 6.11. The molecule has 13 heavy (non-hydrogen) atoms. The van der Waals surface area contributed by atoms with Gasteiger partial charge in [-0.15, -0.1) is 0 Å². The molecule has 0 atom stereocenters. The molecule has 3 nitrogen and oxygen atoms in total. The molecule has 72 valence electrons. The third-order valence-electron chi connectivity index (χ3n) is 2.70. The molecule has 3 heteroatoms. The molecule has 1 aromatic heterocycles. The first-order valence-electron chi connectivity index (χ1n) is 4.93. The van der Waals surface area contributed by atoms with E-state index in [4.69, 9.17) is 5.73 Å². The molecule has 0 unspecified atom stereocenters. The zero-order valence-corrected chi connectivity index (χ0v) is 8.54. The van der Waals surface area contributed by atoms with Crippen LogP contribution in [0.2, 0.25) is 0 Å². The summed E-state index contributed by atoms with van der Waals surface area (Å²) >= 11 is 0. The van der Waals surface area contributed by atoms with Crippen LogP contribution in [0.4, 0.5) is 5.82 Å². The summed E-state index contributed by atoms with van der Waals surface area (Å²) in [7, 11) is 1.92. The van der Waals surface area contributed by atoms with Gasteiger partial charge in [0.05, 0.1) is 5.69 Å². The van der Waals surface area contributed by atoms with Gasteiger partial charge in [0.2, 0.25) is 0 Å². The summed E-state index contributed by atoms with van der Waals surface area (Å²) in [6.45, 7) is 4.36. The third kappa shape index (κ3) is 1.32. The van der Waals surface area contributed by atoms with E-state index < -0.39 is 0 Å². The average Bonchev–Trinajstić information content (AvgIpc) is 2.80. The number of hydrogen-bond donors (Lipinski definition) is 1. The van der Waals surface area contributed by atoms with E-state index in [1.54, 1.807) is 0 Å². The van der Waals surface area contributed by atoms with Crippen LogP contribution in [0, 0.1) is 0 Å². The molecular formula is C10H17N3. The fourth-order valence-corrected chi connectivity index (χ4v) is 1.82. The van der Waals surface area contributed by atoms with Gasteiger partial charge < -0.3 is 5.73 Å². The van der Waals surface area contributed by atoms with E-state index in [1.165, 1.54) is 24.1 Å². The summed E-state index contributed by atoms with van der Waals surface area (Å²) in [5.74, 6) is 2.03. The maximum Gasteiger partial charge on any atom is 0.125 e. The van der Waals surface area contributed by atoms with Crippen molar-refractivity contribution >= 4 is 5.82 Å². The van der Waals surface area contributed by atoms with Gasteiger partial charge in [0.25, 0.3) is 0 Å². The van der Waals surface area contributed by atoms with Crippen molar-refractivity contribution in [1.82, 2.24) is 9.78 Å². The van der Waals surface area contributed by atoms with E-state index in [-0.39, 0.29) is 0 Å². The molecule has 0 radical (unpaired) electrons. The smallest absolute Gasteiger partial charge is 0.125 e. The fraction of sp³-hybridized carbons (Fsp3) is 0.700. The van der Waals surface area contributed by atoms with Gasteiger partial charge in [0, 0.05) is 18.5 Å². The van der Waals surface area contributed by atoms with Crippen molar-refractivity contribution in [2.75, 3.05) is 5.73 Å². The van der Waals surface area contributed by atoms with Crippen molar-refractivity contribution < 1.29 is 0 Å². The lowest BCUT2D eigenvalue weighted by Gasteiger charge is -2.05. The van der Waals surface area contributed by atoms with Gasteiger partial charge in [-0.25, -0.2) is 0 Å². The highest BCUT2D eigenvalue weighted by Gasteiger charge is 2.31. The second-order valence-corrected chi connectivity index (χ2v) is 4.24. The van der Waals surface area contributed by atoms with Crippen LogP contribution in [0.5, 0.6) is 0 Å². The van der Waals surface area contributed by atoms with Crippen LogP contribution in [-0.4, -0.2) is 9.78 Å². The molecule has 0 aromatic carbocycles. The van der Waals surface area contributed by atoms with Crippen molar-refractivity contribution in [1.29, 1.82) is 0 Å². The fourth-order valence-electron chi connectivity index (χ4n) is 1.82. The molecule has 0 amide bonds. The molecule has 1 aromatic rings. The molecule has 1 saturated carbocycles. The zero-order chi connectivity index (χ0) is 9.59. The lowest BCUT2D eigenvalue weighted by Crippen LogP contribution is -2.00. The minimum atomic E-state index is 0.490. The lowest BCUT2D eigenvalue weighted by molar-refractivity contribution is 0.752. The zero-order valence-electron chi connectivity index (χ0n) is 8.54. The van der Waals surface area contributed by atoms with E-state index in [0.717, 1.165) is 5.82 Å².